The standard InChI is InChI=1S/C24H33N5O3/c30-22-4-3-21(23(31)26-22)29-16-19-13-18(1-2-20(19)24(29)32)15-27-9-5-17(6-10-27)14-28-11-7-25-8-12-28/h1-2,13,17,21,25H,3-12,14-16H2,(H,26,30,31). The minimum atomic E-state index is -0.550. The molecule has 172 valence electrons. The summed E-state index contributed by atoms with van der Waals surface area (Å²) in [4.78, 5) is 43.3. The number of piperazine rings is 1. The first-order chi connectivity index (χ1) is 15.6. The van der Waals surface area contributed by atoms with E-state index in [2.05, 4.69) is 32.6 Å². The zero-order valence-electron chi connectivity index (χ0n) is 18.6. The summed E-state index contributed by atoms with van der Waals surface area (Å²) in [5.41, 5.74) is 2.90. The predicted octanol–water partition coefficient (Wildman–Crippen LogP) is 0.565. The first-order valence-electron chi connectivity index (χ1n) is 12.0. The highest BCUT2D eigenvalue weighted by Crippen LogP contribution is 2.29. The highest BCUT2D eigenvalue weighted by atomic mass is 16.2. The number of fused-ring (bicyclic) bond motifs is 1. The zero-order chi connectivity index (χ0) is 22.1. The van der Waals surface area contributed by atoms with Crippen LogP contribution in [0.5, 0.6) is 0 Å². The summed E-state index contributed by atoms with van der Waals surface area (Å²) in [6.07, 6.45) is 3.18. The Balaban J connectivity index is 1.15. The Hall–Kier alpha value is -2.29. The fraction of sp³-hybridized carbons (Fsp3) is 0.625. The van der Waals surface area contributed by atoms with Crippen LogP contribution < -0.4 is 10.6 Å². The second kappa shape index (κ2) is 9.29. The van der Waals surface area contributed by atoms with Gasteiger partial charge in [-0.05, 0) is 55.5 Å². The molecule has 0 aliphatic carbocycles. The minimum Gasteiger partial charge on any atom is -0.322 e. The third kappa shape index (κ3) is 4.58. The van der Waals surface area contributed by atoms with Gasteiger partial charge in [-0.1, -0.05) is 12.1 Å². The molecular weight excluding hydrogens is 406 g/mol. The van der Waals surface area contributed by atoms with Crippen LogP contribution in [-0.4, -0.2) is 84.3 Å². The molecule has 0 radical (unpaired) electrons. The molecule has 5 rings (SSSR count). The van der Waals surface area contributed by atoms with Gasteiger partial charge in [-0.25, -0.2) is 0 Å². The molecular formula is C24H33N5O3. The number of piperidine rings is 2. The third-order valence-electron chi connectivity index (χ3n) is 7.43. The Kier molecular flexibility index (Phi) is 6.26. The summed E-state index contributed by atoms with van der Waals surface area (Å²) in [6, 6.07) is 5.55. The van der Waals surface area contributed by atoms with Crippen LogP contribution in [0.3, 0.4) is 0 Å². The van der Waals surface area contributed by atoms with Crippen molar-refractivity contribution in [3.05, 3.63) is 34.9 Å². The molecule has 0 aromatic heterocycles. The van der Waals surface area contributed by atoms with Crippen LogP contribution in [0.2, 0.25) is 0 Å². The Morgan fingerprint density at radius 1 is 0.938 bits per heavy atom. The van der Waals surface area contributed by atoms with Crippen LogP contribution in [0, 0.1) is 5.92 Å². The number of hydrogen-bond donors (Lipinski definition) is 2. The van der Waals surface area contributed by atoms with Crippen LogP contribution in [0.4, 0.5) is 0 Å². The molecule has 4 aliphatic heterocycles. The largest absolute Gasteiger partial charge is 0.322 e. The average molecular weight is 440 g/mol. The molecule has 4 aliphatic rings. The van der Waals surface area contributed by atoms with Crippen LogP contribution in [0.25, 0.3) is 0 Å². The number of amides is 3. The Morgan fingerprint density at radius 3 is 2.47 bits per heavy atom. The van der Waals surface area contributed by atoms with Gasteiger partial charge in [0.1, 0.15) is 6.04 Å². The van der Waals surface area contributed by atoms with Crippen molar-refractivity contribution >= 4 is 17.7 Å². The Labute approximate surface area is 189 Å². The number of nitrogens with one attached hydrogen (secondary N) is 2. The predicted molar refractivity (Wildman–Crippen MR) is 120 cm³/mol. The number of likely N-dealkylation sites (tertiary alicyclic amines) is 1. The lowest BCUT2D eigenvalue weighted by molar-refractivity contribution is -0.136. The fourth-order valence-electron chi connectivity index (χ4n) is 5.57. The van der Waals surface area contributed by atoms with Gasteiger partial charge in [-0.3, -0.25) is 24.6 Å². The molecule has 0 bridgehead atoms. The number of benzene rings is 1. The molecule has 3 fully saturated rings. The minimum absolute atomic E-state index is 0.102. The lowest BCUT2D eigenvalue weighted by Crippen LogP contribution is -2.52. The summed E-state index contributed by atoms with van der Waals surface area (Å²) in [6.45, 7) is 9.38. The summed E-state index contributed by atoms with van der Waals surface area (Å²) >= 11 is 0. The molecule has 2 N–H and O–H groups in total. The van der Waals surface area contributed by atoms with Crippen molar-refractivity contribution < 1.29 is 14.4 Å². The molecule has 8 heteroatoms. The number of rotatable bonds is 5. The fourth-order valence-corrected chi connectivity index (χ4v) is 5.57. The van der Waals surface area contributed by atoms with Crippen molar-refractivity contribution in [2.75, 3.05) is 45.8 Å². The van der Waals surface area contributed by atoms with E-state index in [-0.39, 0.29) is 24.1 Å². The van der Waals surface area contributed by atoms with E-state index in [1.165, 1.54) is 38.0 Å². The first kappa shape index (κ1) is 21.6. The quantitative estimate of drug-likeness (QED) is 0.653. The van der Waals surface area contributed by atoms with Gasteiger partial charge in [0.2, 0.25) is 11.8 Å². The molecule has 3 amide bonds. The van der Waals surface area contributed by atoms with E-state index in [0.29, 0.717) is 18.5 Å². The number of imide groups is 1. The Morgan fingerprint density at radius 2 is 1.72 bits per heavy atom. The molecule has 8 nitrogen and oxygen atoms in total. The van der Waals surface area contributed by atoms with E-state index < -0.39 is 6.04 Å². The number of hydrogen-bond acceptors (Lipinski definition) is 6. The lowest BCUT2D eigenvalue weighted by Gasteiger charge is -2.36. The van der Waals surface area contributed by atoms with Crippen molar-refractivity contribution in [3.8, 4) is 0 Å². The maximum Gasteiger partial charge on any atom is 0.255 e. The smallest absolute Gasteiger partial charge is 0.255 e. The van der Waals surface area contributed by atoms with Gasteiger partial charge in [-0.2, -0.15) is 0 Å². The van der Waals surface area contributed by atoms with E-state index in [1.54, 1.807) is 4.90 Å². The van der Waals surface area contributed by atoms with Gasteiger partial charge in [-0.15, -0.1) is 0 Å². The van der Waals surface area contributed by atoms with Crippen LogP contribution >= 0.6 is 0 Å². The highest BCUT2D eigenvalue weighted by Gasteiger charge is 2.39. The molecule has 3 saturated heterocycles. The van der Waals surface area contributed by atoms with Gasteiger partial charge >= 0.3 is 0 Å². The lowest BCUT2D eigenvalue weighted by atomic mass is 9.95. The highest BCUT2D eigenvalue weighted by molar-refractivity contribution is 6.05. The van der Waals surface area contributed by atoms with Gasteiger partial charge in [0.25, 0.3) is 5.91 Å². The van der Waals surface area contributed by atoms with Crippen molar-refractivity contribution in [2.45, 2.75) is 44.8 Å². The van der Waals surface area contributed by atoms with E-state index in [0.717, 1.165) is 44.2 Å². The first-order valence-corrected chi connectivity index (χ1v) is 12.0. The number of carbonyl (C=O) groups excluding carboxylic acids is 3. The summed E-state index contributed by atoms with van der Waals surface area (Å²) in [5, 5.41) is 5.79. The van der Waals surface area contributed by atoms with E-state index >= 15 is 0 Å². The summed E-state index contributed by atoms with van der Waals surface area (Å²) in [7, 11) is 0. The van der Waals surface area contributed by atoms with Crippen molar-refractivity contribution in [1.29, 1.82) is 0 Å². The zero-order valence-corrected chi connectivity index (χ0v) is 18.6. The Bertz CT molecular complexity index is 890. The van der Waals surface area contributed by atoms with Gasteiger partial charge in [0, 0.05) is 57.8 Å². The topological polar surface area (TPSA) is 85.0 Å². The summed E-state index contributed by atoms with van der Waals surface area (Å²) in [5.74, 6) is 0.0829. The molecule has 32 heavy (non-hydrogen) atoms. The SMILES string of the molecule is O=C1CCC(N2Cc3cc(CN4CCC(CN5CCNCC5)CC4)ccc3C2=O)C(=O)N1. The second-order valence-corrected chi connectivity index (χ2v) is 9.66. The van der Waals surface area contributed by atoms with E-state index in [4.69, 9.17) is 0 Å². The monoisotopic (exact) mass is 439 g/mol. The van der Waals surface area contributed by atoms with Crippen LogP contribution in [0.15, 0.2) is 18.2 Å². The van der Waals surface area contributed by atoms with Crippen molar-refractivity contribution in [2.24, 2.45) is 5.92 Å². The molecule has 1 unspecified atom stereocenters. The average Bonchev–Trinajstić information content (AvgIpc) is 3.11. The number of carbonyl (C=O) groups is 3. The van der Waals surface area contributed by atoms with Crippen molar-refractivity contribution in [1.82, 2.24) is 25.3 Å². The maximum atomic E-state index is 12.9. The van der Waals surface area contributed by atoms with Gasteiger partial charge in [0.15, 0.2) is 0 Å². The molecule has 4 heterocycles. The normalized spacial score (nSPS) is 25.8. The second-order valence-electron chi connectivity index (χ2n) is 9.66. The summed E-state index contributed by atoms with van der Waals surface area (Å²) < 4.78 is 0. The van der Waals surface area contributed by atoms with Crippen LogP contribution in [-0.2, 0) is 22.7 Å². The van der Waals surface area contributed by atoms with E-state index in [1.807, 2.05) is 6.07 Å². The number of nitrogens with zero attached hydrogens (tertiary/aromatic N) is 3. The maximum absolute atomic E-state index is 12.9. The molecule has 1 aromatic carbocycles. The molecule has 0 spiro atoms. The molecule has 1 aromatic rings. The van der Waals surface area contributed by atoms with Crippen molar-refractivity contribution in [3.63, 3.8) is 0 Å². The van der Waals surface area contributed by atoms with E-state index in [9.17, 15) is 14.4 Å². The molecule has 1 atom stereocenters. The molecule has 0 saturated carbocycles. The van der Waals surface area contributed by atoms with Crippen LogP contribution in [0.1, 0.15) is 47.2 Å². The van der Waals surface area contributed by atoms with Gasteiger partial charge < -0.3 is 15.1 Å². The van der Waals surface area contributed by atoms with Gasteiger partial charge in [0.05, 0.1) is 0 Å². The third-order valence-corrected chi connectivity index (χ3v) is 7.43.